The standard InChI is InChI=1S/C16H17NOS2/c1-11-6-7-13(17)8-16(11)20(18)10-12-9-19-15-5-3-2-4-14(12)15/h2-8,12H,9-10,17H2,1H3. The summed E-state index contributed by atoms with van der Waals surface area (Å²) >= 11 is 1.86. The number of anilines is 1. The third kappa shape index (κ3) is 2.63. The van der Waals surface area contributed by atoms with Crippen LogP contribution in [0.5, 0.6) is 0 Å². The molecule has 2 aromatic carbocycles. The van der Waals surface area contributed by atoms with Crippen molar-refractivity contribution in [2.75, 3.05) is 17.2 Å². The minimum absolute atomic E-state index is 0.373. The number of aryl methyl sites for hydroxylation is 1. The van der Waals surface area contributed by atoms with E-state index in [9.17, 15) is 4.21 Å². The lowest BCUT2D eigenvalue weighted by Crippen LogP contribution is -2.10. The Hall–Kier alpha value is -1.26. The molecule has 2 atom stereocenters. The van der Waals surface area contributed by atoms with Crippen molar-refractivity contribution >= 4 is 28.2 Å². The SMILES string of the molecule is Cc1ccc(N)cc1S(=O)CC1CSc2ccccc21. The summed E-state index contributed by atoms with van der Waals surface area (Å²) < 4.78 is 12.6. The van der Waals surface area contributed by atoms with Crippen LogP contribution in [0.2, 0.25) is 0 Å². The molecule has 0 amide bonds. The first-order valence-electron chi connectivity index (χ1n) is 6.61. The fourth-order valence-corrected chi connectivity index (χ4v) is 5.44. The van der Waals surface area contributed by atoms with Crippen LogP contribution >= 0.6 is 11.8 Å². The van der Waals surface area contributed by atoms with Crippen molar-refractivity contribution in [3.8, 4) is 0 Å². The average Bonchev–Trinajstić information content (AvgIpc) is 2.85. The van der Waals surface area contributed by atoms with E-state index in [0.717, 1.165) is 16.2 Å². The summed E-state index contributed by atoms with van der Waals surface area (Å²) in [4.78, 5) is 2.21. The van der Waals surface area contributed by atoms with Gasteiger partial charge in [-0.1, -0.05) is 24.3 Å². The van der Waals surface area contributed by atoms with E-state index in [2.05, 4.69) is 24.3 Å². The molecule has 3 rings (SSSR count). The summed E-state index contributed by atoms with van der Waals surface area (Å²) in [5.74, 6) is 2.07. The molecule has 0 fully saturated rings. The molecular weight excluding hydrogens is 286 g/mol. The molecule has 0 bridgehead atoms. The van der Waals surface area contributed by atoms with Gasteiger partial charge in [0.25, 0.3) is 0 Å². The molecule has 2 aromatic rings. The van der Waals surface area contributed by atoms with Crippen LogP contribution in [-0.2, 0) is 10.8 Å². The Morgan fingerprint density at radius 2 is 2.10 bits per heavy atom. The lowest BCUT2D eigenvalue weighted by molar-refractivity contribution is 0.677. The summed E-state index contributed by atoms with van der Waals surface area (Å²) in [6.07, 6.45) is 0. The maximum absolute atomic E-state index is 12.6. The summed E-state index contributed by atoms with van der Waals surface area (Å²) in [6, 6.07) is 14.1. The summed E-state index contributed by atoms with van der Waals surface area (Å²) in [6.45, 7) is 1.99. The molecular formula is C16H17NOS2. The number of hydrogen-bond donors (Lipinski definition) is 1. The first-order chi connectivity index (χ1) is 9.65. The Kier molecular flexibility index (Phi) is 3.85. The zero-order valence-corrected chi connectivity index (χ0v) is 13.0. The Balaban J connectivity index is 1.82. The highest BCUT2D eigenvalue weighted by molar-refractivity contribution is 7.99. The molecule has 0 aliphatic carbocycles. The molecule has 1 aliphatic rings. The van der Waals surface area contributed by atoms with Gasteiger partial charge in [-0.2, -0.15) is 0 Å². The predicted octanol–water partition coefficient (Wildman–Crippen LogP) is 3.57. The Labute approximate surface area is 126 Å². The number of thioether (sulfide) groups is 1. The van der Waals surface area contributed by atoms with Crippen LogP contribution in [0.3, 0.4) is 0 Å². The quantitative estimate of drug-likeness (QED) is 0.881. The monoisotopic (exact) mass is 303 g/mol. The van der Waals surface area contributed by atoms with E-state index in [1.54, 1.807) is 0 Å². The van der Waals surface area contributed by atoms with Crippen LogP contribution in [-0.4, -0.2) is 15.7 Å². The zero-order valence-electron chi connectivity index (χ0n) is 11.3. The Bertz CT molecular complexity index is 669. The normalized spacial score (nSPS) is 18.8. The molecule has 4 heteroatoms. The number of benzene rings is 2. The van der Waals surface area contributed by atoms with Crippen molar-refractivity contribution in [3.05, 3.63) is 53.6 Å². The predicted molar refractivity (Wildman–Crippen MR) is 86.8 cm³/mol. The smallest absolute Gasteiger partial charge is 0.0539 e. The van der Waals surface area contributed by atoms with Gasteiger partial charge in [0.15, 0.2) is 0 Å². The van der Waals surface area contributed by atoms with E-state index in [0.29, 0.717) is 17.4 Å². The molecule has 0 radical (unpaired) electrons. The largest absolute Gasteiger partial charge is 0.399 e. The van der Waals surface area contributed by atoms with Crippen molar-refractivity contribution in [2.45, 2.75) is 22.6 Å². The zero-order chi connectivity index (χ0) is 14.1. The van der Waals surface area contributed by atoms with Crippen molar-refractivity contribution in [3.63, 3.8) is 0 Å². The van der Waals surface area contributed by atoms with Gasteiger partial charge in [-0.25, -0.2) is 0 Å². The molecule has 2 nitrogen and oxygen atoms in total. The van der Waals surface area contributed by atoms with E-state index in [1.807, 2.05) is 36.9 Å². The van der Waals surface area contributed by atoms with E-state index in [4.69, 9.17) is 5.73 Å². The van der Waals surface area contributed by atoms with Gasteiger partial charge in [-0.05, 0) is 36.2 Å². The summed E-state index contributed by atoms with van der Waals surface area (Å²) in [5.41, 5.74) is 8.88. The summed E-state index contributed by atoms with van der Waals surface area (Å²) in [7, 11) is -0.996. The van der Waals surface area contributed by atoms with Crippen molar-refractivity contribution in [1.29, 1.82) is 0 Å². The van der Waals surface area contributed by atoms with Gasteiger partial charge < -0.3 is 5.73 Å². The van der Waals surface area contributed by atoms with Gasteiger partial charge in [0.2, 0.25) is 0 Å². The van der Waals surface area contributed by atoms with Crippen LogP contribution in [0.25, 0.3) is 0 Å². The van der Waals surface area contributed by atoms with Crippen molar-refractivity contribution < 1.29 is 4.21 Å². The van der Waals surface area contributed by atoms with Gasteiger partial charge in [0.1, 0.15) is 0 Å². The van der Waals surface area contributed by atoms with Crippen LogP contribution < -0.4 is 5.73 Å². The number of rotatable bonds is 3. The molecule has 1 heterocycles. The van der Waals surface area contributed by atoms with Crippen LogP contribution in [0.1, 0.15) is 17.0 Å². The first-order valence-corrected chi connectivity index (χ1v) is 8.92. The van der Waals surface area contributed by atoms with Gasteiger partial charge in [0.05, 0.1) is 10.8 Å². The average molecular weight is 303 g/mol. The second-order valence-electron chi connectivity index (χ2n) is 5.08. The highest BCUT2D eigenvalue weighted by Gasteiger charge is 2.25. The maximum atomic E-state index is 12.6. The molecule has 2 N–H and O–H groups in total. The van der Waals surface area contributed by atoms with Gasteiger partial charge in [-0.3, -0.25) is 4.21 Å². The van der Waals surface area contributed by atoms with Crippen molar-refractivity contribution in [1.82, 2.24) is 0 Å². The number of fused-ring (bicyclic) bond motifs is 1. The van der Waals surface area contributed by atoms with Gasteiger partial charge >= 0.3 is 0 Å². The number of nitrogens with two attached hydrogens (primary N) is 1. The van der Waals surface area contributed by atoms with Gasteiger partial charge in [0, 0.05) is 32.9 Å². The van der Waals surface area contributed by atoms with Gasteiger partial charge in [-0.15, -0.1) is 11.8 Å². The molecule has 1 aliphatic heterocycles. The molecule has 2 unspecified atom stereocenters. The lowest BCUT2D eigenvalue weighted by Gasteiger charge is -2.12. The second kappa shape index (κ2) is 5.62. The maximum Gasteiger partial charge on any atom is 0.0539 e. The Morgan fingerprint density at radius 3 is 2.95 bits per heavy atom. The van der Waals surface area contributed by atoms with Crippen LogP contribution in [0, 0.1) is 6.92 Å². The highest BCUT2D eigenvalue weighted by atomic mass is 32.2. The second-order valence-corrected chi connectivity index (χ2v) is 7.61. The third-order valence-corrected chi connectivity index (χ3v) is 6.50. The minimum Gasteiger partial charge on any atom is -0.399 e. The number of nitrogen functional groups attached to an aromatic ring is 1. The third-order valence-electron chi connectivity index (χ3n) is 3.61. The summed E-state index contributed by atoms with van der Waals surface area (Å²) in [5, 5.41) is 0. The lowest BCUT2D eigenvalue weighted by atomic mass is 10.0. The molecule has 0 spiro atoms. The fourth-order valence-electron chi connectivity index (χ4n) is 2.50. The molecule has 104 valence electrons. The fraction of sp³-hybridized carbons (Fsp3) is 0.250. The minimum atomic E-state index is -0.996. The van der Waals surface area contributed by atoms with E-state index < -0.39 is 10.8 Å². The number of hydrogen-bond acceptors (Lipinski definition) is 3. The van der Waals surface area contributed by atoms with Crippen LogP contribution in [0.15, 0.2) is 52.3 Å². The first kappa shape index (κ1) is 13.7. The molecule has 20 heavy (non-hydrogen) atoms. The topological polar surface area (TPSA) is 43.1 Å². The van der Waals surface area contributed by atoms with E-state index in [-0.39, 0.29) is 0 Å². The van der Waals surface area contributed by atoms with Crippen LogP contribution in [0.4, 0.5) is 5.69 Å². The van der Waals surface area contributed by atoms with E-state index in [1.165, 1.54) is 10.5 Å². The molecule has 0 saturated heterocycles. The highest BCUT2D eigenvalue weighted by Crippen LogP contribution is 2.40. The molecule has 0 saturated carbocycles. The Morgan fingerprint density at radius 1 is 1.30 bits per heavy atom. The van der Waals surface area contributed by atoms with E-state index >= 15 is 0 Å². The van der Waals surface area contributed by atoms with Crippen molar-refractivity contribution in [2.24, 2.45) is 0 Å². The molecule has 0 aromatic heterocycles.